The van der Waals surface area contributed by atoms with E-state index in [2.05, 4.69) is 35.6 Å². The number of nitrogens with zero attached hydrogens (tertiary/aromatic N) is 3. The second kappa shape index (κ2) is 6.40. The Kier molecular flexibility index (Phi) is 4.46. The van der Waals surface area contributed by atoms with Gasteiger partial charge in [-0.1, -0.05) is 22.8 Å². The highest BCUT2D eigenvalue weighted by molar-refractivity contribution is 9.10. The summed E-state index contributed by atoms with van der Waals surface area (Å²) in [5.41, 5.74) is 0.231. The van der Waals surface area contributed by atoms with Crippen LogP contribution in [-0.2, 0) is 6.18 Å². The van der Waals surface area contributed by atoms with Gasteiger partial charge in [-0.3, -0.25) is 0 Å². The Bertz CT molecular complexity index is 868. The zero-order valence-electron chi connectivity index (χ0n) is 11.5. The molecule has 2 aromatic heterocycles. The molecule has 0 fully saturated rings. The van der Waals surface area contributed by atoms with Gasteiger partial charge in [0.1, 0.15) is 11.4 Å². The van der Waals surface area contributed by atoms with E-state index < -0.39 is 11.9 Å². The standard InChI is InChI=1S/C14H6BrClF3N3O2/c15-8-2-1-3-10(23-13-20-5-7(16)6-21-13)12(8)9-4-11(24-22-9)14(17,18)19/h1-6H. The van der Waals surface area contributed by atoms with Crippen LogP contribution in [0.3, 0.4) is 0 Å². The van der Waals surface area contributed by atoms with Gasteiger partial charge in [0.25, 0.3) is 0 Å². The molecule has 2 heterocycles. The van der Waals surface area contributed by atoms with Crippen molar-refractivity contribution in [1.29, 1.82) is 0 Å². The lowest BCUT2D eigenvalue weighted by Crippen LogP contribution is -2.02. The number of alkyl halides is 3. The molecule has 0 saturated heterocycles. The average Bonchev–Trinajstić information content (AvgIpc) is 2.99. The van der Waals surface area contributed by atoms with Crippen molar-refractivity contribution in [2.75, 3.05) is 0 Å². The summed E-state index contributed by atoms with van der Waals surface area (Å²) in [7, 11) is 0. The lowest BCUT2D eigenvalue weighted by Gasteiger charge is -2.09. The summed E-state index contributed by atoms with van der Waals surface area (Å²) >= 11 is 8.96. The number of rotatable bonds is 3. The molecular formula is C14H6BrClF3N3O2. The highest BCUT2D eigenvalue weighted by Gasteiger charge is 2.36. The molecule has 0 unspecified atom stereocenters. The van der Waals surface area contributed by atoms with Gasteiger partial charge in [0.2, 0.25) is 5.76 Å². The normalized spacial score (nSPS) is 11.5. The van der Waals surface area contributed by atoms with E-state index in [0.29, 0.717) is 9.50 Å². The summed E-state index contributed by atoms with van der Waals surface area (Å²) in [6.45, 7) is 0. The van der Waals surface area contributed by atoms with E-state index in [1.54, 1.807) is 18.2 Å². The summed E-state index contributed by atoms with van der Waals surface area (Å²) < 4.78 is 48.4. The third kappa shape index (κ3) is 3.51. The Morgan fingerprint density at radius 2 is 1.88 bits per heavy atom. The van der Waals surface area contributed by atoms with E-state index in [4.69, 9.17) is 16.3 Å². The predicted molar refractivity (Wildman–Crippen MR) is 81.8 cm³/mol. The van der Waals surface area contributed by atoms with Gasteiger partial charge in [-0.15, -0.1) is 0 Å². The molecule has 0 aliphatic carbocycles. The predicted octanol–water partition coefficient (Wildman–Crippen LogP) is 5.36. The van der Waals surface area contributed by atoms with Gasteiger partial charge >= 0.3 is 12.2 Å². The molecule has 0 bridgehead atoms. The van der Waals surface area contributed by atoms with E-state index in [1.807, 2.05) is 0 Å². The monoisotopic (exact) mass is 419 g/mol. The van der Waals surface area contributed by atoms with Crippen molar-refractivity contribution in [1.82, 2.24) is 15.1 Å². The Morgan fingerprint density at radius 3 is 2.50 bits per heavy atom. The van der Waals surface area contributed by atoms with Gasteiger partial charge in [-0.2, -0.15) is 13.2 Å². The van der Waals surface area contributed by atoms with Crippen molar-refractivity contribution in [2.24, 2.45) is 0 Å². The number of aromatic nitrogens is 3. The molecule has 0 atom stereocenters. The van der Waals surface area contributed by atoms with Crippen LogP contribution < -0.4 is 4.74 Å². The molecule has 0 spiro atoms. The molecule has 124 valence electrons. The van der Waals surface area contributed by atoms with E-state index in [9.17, 15) is 13.2 Å². The maximum atomic E-state index is 12.7. The molecule has 1 aromatic carbocycles. The highest BCUT2D eigenvalue weighted by atomic mass is 79.9. The molecule has 5 nitrogen and oxygen atoms in total. The SMILES string of the molecule is FC(F)(F)c1cc(-c2c(Br)cccc2Oc2ncc(Cl)cn2)no1. The first-order valence-corrected chi connectivity index (χ1v) is 7.50. The van der Waals surface area contributed by atoms with Gasteiger partial charge in [-0.25, -0.2) is 9.97 Å². The molecule has 0 saturated carbocycles. The Hall–Kier alpha value is -2.13. The lowest BCUT2D eigenvalue weighted by molar-refractivity contribution is -0.155. The van der Waals surface area contributed by atoms with Crippen molar-refractivity contribution in [2.45, 2.75) is 6.18 Å². The van der Waals surface area contributed by atoms with Gasteiger partial charge in [0, 0.05) is 10.5 Å². The quantitative estimate of drug-likeness (QED) is 0.571. The zero-order chi connectivity index (χ0) is 17.3. The maximum absolute atomic E-state index is 12.7. The summed E-state index contributed by atoms with van der Waals surface area (Å²) in [4.78, 5) is 7.76. The van der Waals surface area contributed by atoms with Crippen LogP contribution in [0.25, 0.3) is 11.3 Å². The first-order valence-electron chi connectivity index (χ1n) is 6.33. The minimum Gasteiger partial charge on any atom is -0.424 e. The highest BCUT2D eigenvalue weighted by Crippen LogP contribution is 2.40. The topological polar surface area (TPSA) is 61.0 Å². The molecule has 3 aromatic rings. The molecule has 10 heteroatoms. The van der Waals surface area contributed by atoms with Crippen molar-refractivity contribution in [3.8, 4) is 23.0 Å². The Balaban J connectivity index is 2.01. The van der Waals surface area contributed by atoms with Gasteiger partial charge in [-0.05, 0) is 28.1 Å². The van der Waals surface area contributed by atoms with Crippen molar-refractivity contribution >= 4 is 27.5 Å². The van der Waals surface area contributed by atoms with Crippen molar-refractivity contribution < 1.29 is 22.4 Å². The molecule has 3 rings (SSSR count). The van der Waals surface area contributed by atoms with Crippen LogP contribution in [0.15, 0.2) is 45.7 Å². The van der Waals surface area contributed by atoms with Gasteiger partial charge < -0.3 is 9.26 Å². The summed E-state index contributed by atoms with van der Waals surface area (Å²) in [5, 5.41) is 3.79. The maximum Gasteiger partial charge on any atom is 0.452 e. The fraction of sp³-hybridized carbons (Fsp3) is 0.0714. The Morgan fingerprint density at radius 1 is 1.17 bits per heavy atom. The molecule has 0 radical (unpaired) electrons. The second-order valence-electron chi connectivity index (χ2n) is 4.47. The largest absolute Gasteiger partial charge is 0.452 e. The lowest BCUT2D eigenvalue weighted by atomic mass is 10.1. The second-order valence-corrected chi connectivity index (χ2v) is 5.76. The van der Waals surface area contributed by atoms with Crippen LogP contribution in [0.5, 0.6) is 11.8 Å². The first-order chi connectivity index (χ1) is 11.3. The minimum absolute atomic E-state index is 0.0155. The summed E-state index contributed by atoms with van der Waals surface area (Å²) in [6, 6.07) is 5.59. The zero-order valence-corrected chi connectivity index (χ0v) is 13.9. The van der Waals surface area contributed by atoms with E-state index in [0.717, 1.165) is 6.07 Å². The van der Waals surface area contributed by atoms with Crippen LogP contribution >= 0.6 is 27.5 Å². The fourth-order valence-corrected chi connectivity index (χ4v) is 2.46. The number of hydrogen-bond acceptors (Lipinski definition) is 5. The molecular weight excluding hydrogens is 415 g/mol. The summed E-state index contributed by atoms with van der Waals surface area (Å²) in [6.07, 6.45) is -1.97. The third-order valence-electron chi connectivity index (χ3n) is 2.82. The number of halogens is 5. The van der Waals surface area contributed by atoms with Gasteiger partial charge in [0.05, 0.1) is 23.0 Å². The van der Waals surface area contributed by atoms with Crippen LogP contribution in [0, 0.1) is 0 Å². The number of hydrogen-bond donors (Lipinski definition) is 0. The fourth-order valence-electron chi connectivity index (χ4n) is 1.82. The van der Waals surface area contributed by atoms with Gasteiger partial charge in [0.15, 0.2) is 0 Å². The molecule has 0 N–H and O–H groups in total. The van der Waals surface area contributed by atoms with E-state index >= 15 is 0 Å². The van der Waals surface area contributed by atoms with Crippen LogP contribution in [0.4, 0.5) is 13.2 Å². The van der Waals surface area contributed by atoms with Crippen LogP contribution in [-0.4, -0.2) is 15.1 Å². The van der Waals surface area contributed by atoms with Crippen LogP contribution in [0.1, 0.15) is 5.76 Å². The Labute approximate surface area is 146 Å². The molecule has 0 aliphatic heterocycles. The minimum atomic E-state index is -4.63. The molecule has 0 aliphatic rings. The average molecular weight is 421 g/mol. The van der Waals surface area contributed by atoms with Crippen molar-refractivity contribution in [3.63, 3.8) is 0 Å². The number of ether oxygens (including phenoxy) is 1. The smallest absolute Gasteiger partial charge is 0.424 e. The summed E-state index contributed by atoms with van der Waals surface area (Å²) in [5.74, 6) is -1.00. The molecule has 0 amide bonds. The number of benzene rings is 1. The van der Waals surface area contributed by atoms with Crippen molar-refractivity contribution in [3.05, 3.63) is 51.9 Å². The third-order valence-corrected chi connectivity index (χ3v) is 3.67. The molecule has 24 heavy (non-hydrogen) atoms. The van der Waals surface area contributed by atoms with Crippen LogP contribution in [0.2, 0.25) is 5.02 Å². The van der Waals surface area contributed by atoms with E-state index in [-0.39, 0.29) is 23.0 Å². The van der Waals surface area contributed by atoms with E-state index in [1.165, 1.54) is 12.4 Å². The first kappa shape index (κ1) is 16.7.